The van der Waals surface area contributed by atoms with Gasteiger partial charge in [-0.15, -0.1) is 11.3 Å². The Kier molecular flexibility index (Phi) is 3.20. The van der Waals surface area contributed by atoms with Gasteiger partial charge < -0.3 is 4.90 Å². The highest BCUT2D eigenvalue weighted by Gasteiger charge is 2.29. The Labute approximate surface area is 98.5 Å². The van der Waals surface area contributed by atoms with E-state index in [1.807, 2.05) is 6.20 Å². The normalized spacial score (nSPS) is 20.1. The van der Waals surface area contributed by atoms with E-state index in [0.29, 0.717) is 19.5 Å². The van der Waals surface area contributed by atoms with Crippen LogP contribution in [0.4, 0.5) is 0 Å². The van der Waals surface area contributed by atoms with E-state index in [-0.39, 0.29) is 11.8 Å². The van der Waals surface area contributed by atoms with Gasteiger partial charge in [-0.3, -0.25) is 4.79 Å². The highest BCUT2D eigenvalue weighted by Crippen LogP contribution is 2.21. The molecular formula is C11H13N3OS. The average Bonchev–Trinajstić information content (AvgIpc) is 2.87. The zero-order valence-corrected chi connectivity index (χ0v) is 9.96. The molecule has 0 aliphatic carbocycles. The van der Waals surface area contributed by atoms with Crippen LogP contribution in [-0.2, 0) is 17.8 Å². The highest BCUT2D eigenvalue weighted by molar-refractivity contribution is 7.11. The maximum Gasteiger partial charge on any atom is 0.224 e. The van der Waals surface area contributed by atoms with Crippen LogP contribution in [0.1, 0.15) is 23.2 Å². The summed E-state index contributed by atoms with van der Waals surface area (Å²) in [6.45, 7) is 3.20. The number of amides is 1. The fourth-order valence-electron chi connectivity index (χ4n) is 1.76. The Hall–Kier alpha value is -1.41. The summed E-state index contributed by atoms with van der Waals surface area (Å²) in [6, 6.07) is 2.15. The zero-order chi connectivity index (χ0) is 11.5. The Balaban J connectivity index is 2.00. The van der Waals surface area contributed by atoms with Gasteiger partial charge in [0.2, 0.25) is 5.91 Å². The standard InChI is InChI=1S/C11H13N3OS/c1-2-9-5-13-10(16-9)7-14-6-8(4-12)3-11(14)15/h5,8H,2-3,6-7H2,1H3. The molecule has 2 heterocycles. The number of aryl methyl sites for hydroxylation is 1. The lowest BCUT2D eigenvalue weighted by Crippen LogP contribution is -2.24. The van der Waals surface area contributed by atoms with Gasteiger partial charge in [-0.1, -0.05) is 6.92 Å². The van der Waals surface area contributed by atoms with Gasteiger partial charge in [-0.2, -0.15) is 5.26 Å². The summed E-state index contributed by atoms with van der Waals surface area (Å²) in [7, 11) is 0. The van der Waals surface area contributed by atoms with Crippen molar-refractivity contribution in [2.75, 3.05) is 6.54 Å². The Bertz CT molecular complexity index is 435. The smallest absolute Gasteiger partial charge is 0.224 e. The van der Waals surface area contributed by atoms with Crippen molar-refractivity contribution in [3.05, 3.63) is 16.1 Å². The lowest BCUT2D eigenvalue weighted by Gasteiger charge is -2.13. The van der Waals surface area contributed by atoms with E-state index in [1.54, 1.807) is 16.2 Å². The number of aromatic nitrogens is 1. The fourth-order valence-corrected chi connectivity index (χ4v) is 2.64. The molecule has 16 heavy (non-hydrogen) atoms. The van der Waals surface area contributed by atoms with Gasteiger partial charge in [0.1, 0.15) is 5.01 Å². The van der Waals surface area contributed by atoms with Crippen molar-refractivity contribution in [1.82, 2.24) is 9.88 Å². The Morgan fingerprint density at radius 1 is 1.75 bits per heavy atom. The van der Waals surface area contributed by atoms with Crippen LogP contribution in [0.3, 0.4) is 0 Å². The summed E-state index contributed by atoms with van der Waals surface area (Å²) in [6.07, 6.45) is 3.21. The van der Waals surface area contributed by atoms with Gasteiger partial charge in [-0.05, 0) is 6.42 Å². The topological polar surface area (TPSA) is 57.0 Å². The number of hydrogen-bond acceptors (Lipinski definition) is 4. The highest BCUT2D eigenvalue weighted by atomic mass is 32.1. The van der Waals surface area contributed by atoms with Crippen LogP contribution in [0.25, 0.3) is 0 Å². The van der Waals surface area contributed by atoms with Crippen molar-refractivity contribution in [2.45, 2.75) is 26.3 Å². The summed E-state index contributed by atoms with van der Waals surface area (Å²) in [5.41, 5.74) is 0. The summed E-state index contributed by atoms with van der Waals surface area (Å²) >= 11 is 1.64. The van der Waals surface area contributed by atoms with Crippen LogP contribution in [0.15, 0.2) is 6.20 Å². The fraction of sp³-hybridized carbons (Fsp3) is 0.545. The van der Waals surface area contributed by atoms with Crippen LogP contribution in [0, 0.1) is 17.2 Å². The number of likely N-dealkylation sites (tertiary alicyclic amines) is 1. The van der Waals surface area contributed by atoms with E-state index in [2.05, 4.69) is 18.0 Å². The van der Waals surface area contributed by atoms with E-state index >= 15 is 0 Å². The van der Waals surface area contributed by atoms with E-state index in [1.165, 1.54) is 4.88 Å². The van der Waals surface area contributed by atoms with Gasteiger partial charge in [-0.25, -0.2) is 4.98 Å². The number of carbonyl (C=O) groups is 1. The number of hydrogen-bond donors (Lipinski definition) is 0. The third kappa shape index (κ3) is 2.22. The molecule has 0 saturated carbocycles. The average molecular weight is 235 g/mol. The molecule has 0 bridgehead atoms. The lowest BCUT2D eigenvalue weighted by atomic mass is 10.1. The monoisotopic (exact) mass is 235 g/mol. The lowest BCUT2D eigenvalue weighted by molar-refractivity contribution is -0.128. The molecule has 0 N–H and O–H groups in total. The Morgan fingerprint density at radius 3 is 3.12 bits per heavy atom. The van der Waals surface area contributed by atoms with Gasteiger partial charge in [0.15, 0.2) is 0 Å². The van der Waals surface area contributed by atoms with E-state index in [4.69, 9.17) is 5.26 Å². The molecule has 2 rings (SSSR count). The molecule has 0 radical (unpaired) electrons. The molecule has 5 heteroatoms. The predicted molar refractivity (Wildman–Crippen MR) is 60.6 cm³/mol. The van der Waals surface area contributed by atoms with Crippen molar-refractivity contribution >= 4 is 17.2 Å². The Morgan fingerprint density at radius 2 is 2.56 bits per heavy atom. The molecule has 1 aromatic rings. The summed E-state index contributed by atoms with van der Waals surface area (Å²) < 4.78 is 0. The van der Waals surface area contributed by atoms with E-state index in [9.17, 15) is 4.79 Å². The molecule has 1 amide bonds. The molecule has 4 nitrogen and oxygen atoms in total. The van der Waals surface area contributed by atoms with Crippen LogP contribution in [0.2, 0.25) is 0 Å². The number of rotatable bonds is 3. The molecule has 1 atom stereocenters. The molecular weight excluding hydrogens is 222 g/mol. The first-order valence-corrected chi connectivity index (χ1v) is 6.15. The van der Waals surface area contributed by atoms with E-state index < -0.39 is 0 Å². The first-order valence-electron chi connectivity index (χ1n) is 5.34. The number of nitrogens with zero attached hydrogens (tertiary/aromatic N) is 3. The van der Waals surface area contributed by atoms with Gasteiger partial charge in [0.05, 0.1) is 18.5 Å². The second kappa shape index (κ2) is 4.62. The molecule has 1 aromatic heterocycles. The molecule has 0 aromatic carbocycles. The first-order chi connectivity index (χ1) is 7.72. The predicted octanol–water partition coefficient (Wildman–Crippen LogP) is 1.58. The number of thiazole rings is 1. The van der Waals surface area contributed by atoms with Crippen LogP contribution >= 0.6 is 11.3 Å². The van der Waals surface area contributed by atoms with Gasteiger partial charge in [0, 0.05) is 24.0 Å². The zero-order valence-electron chi connectivity index (χ0n) is 9.14. The quantitative estimate of drug-likeness (QED) is 0.799. The second-order valence-corrected chi connectivity index (χ2v) is 5.08. The molecule has 1 aliphatic rings. The van der Waals surface area contributed by atoms with Crippen molar-refractivity contribution in [3.8, 4) is 6.07 Å². The summed E-state index contributed by atoms with van der Waals surface area (Å²) in [5, 5.41) is 9.73. The first kappa shape index (κ1) is 11.1. The number of nitriles is 1. The molecule has 1 unspecified atom stereocenters. The molecule has 1 saturated heterocycles. The van der Waals surface area contributed by atoms with Gasteiger partial charge in [0.25, 0.3) is 0 Å². The molecule has 1 fully saturated rings. The van der Waals surface area contributed by atoms with Gasteiger partial charge >= 0.3 is 0 Å². The minimum absolute atomic E-state index is 0.0693. The van der Waals surface area contributed by atoms with E-state index in [0.717, 1.165) is 11.4 Å². The maximum absolute atomic E-state index is 11.6. The largest absolute Gasteiger partial charge is 0.335 e. The third-order valence-electron chi connectivity index (χ3n) is 2.67. The van der Waals surface area contributed by atoms with Crippen molar-refractivity contribution in [1.29, 1.82) is 5.26 Å². The maximum atomic E-state index is 11.6. The van der Waals surface area contributed by atoms with Crippen LogP contribution in [-0.4, -0.2) is 22.3 Å². The third-order valence-corrected chi connectivity index (χ3v) is 3.80. The minimum atomic E-state index is -0.141. The van der Waals surface area contributed by atoms with Crippen molar-refractivity contribution < 1.29 is 4.79 Å². The molecule has 84 valence electrons. The molecule has 0 spiro atoms. The van der Waals surface area contributed by atoms with Crippen LogP contribution < -0.4 is 0 Å². The van der Waals surface area contributed by atoms with Crippen molar-refractivity contribution in [3.63, 3.8) is 0 Å². The van der Waals surface area contributed by atoms with Crippen LogP contribution in [0.5, 0.6) is 0 Å². The minimum Gasteiger partial charge on any atom is -0.335 e. The molecule has 1 aliphatic heterocycles. The number of carbonyl (C=O) groups excluding carboxylic acids is 1. The second-order valence-electron chi connectivity index (χ2n) is 3.88. The summed E-state index contributed by atoms with van der Waals surface area (Å²) in [5.74, 6) is -0.0714. The van der Waals surface area contributed by atoms with Crippen molar-refractivity contribution in [2.24, 2.45) is 5.92 Å². The SMILES string of the molecule is CCc1cnc(CN2CC(C#N)CC2=O)s1. The summed E-state index contributed by atoms with van der Waals surface area (Å²) in [4.78, 5) is 18.8.